The van der Waals surface area contributed by atoms with Crippen molar-refractivity contribution < 1.29 is 0 Å². The molecule has 1 N–H and O–H groups in total. The van der Waals surface area contributed by atoms with Crippen LogP contribution in [-0.2, 0) is 0 Å². The molecule has 0 saturated heterocycles. The van der Waals surface area contributed by atoms with Gasteiger partial charge in [-0.15, -0.1) is 0 Å². The maximum absolute atomic E-state index is 5.87. The highest BCUT2D eigenvalue weighted by Gasteiger charge is 2.09. The van der Waals surface area contributed by atoms with Crippen molar-refractivity contribution in [2.24, 2.45) is 5.92 Å². The van der Waals surface area contributed by atoms with Gasteiger partial charge in [-0.1, -0.05) is 37.6 Å². The van der Waals surface area contributed by atoms with Crippen molar-refractivity contribution in [3.8, 4) is 0 Å². The second kappa shape index (κ2) is 6.14. The van der Waals surface area contributed by atoms with Crippen molar-refractivity contribution in [2.45, 2.75) is 32.7 Å². The minimum absolute atomic E-state index is 0.449. The molecule has 1 atom stereocenters. The quantitative estimate of drug-likeness (QED) is 0.798. The van der Waals surface area contributed by atoms with E-state index < -0.39 is 0 Å². The molecular formula is C13H20ClN. The standard InChI is InChI=1S/C13H20ClN/c1-10(2)4-9-13(15-3)11-5-7-12(14)8-6-11/h5-8,10,13,15H,4,9H2,1-3H3. The first-order chi connectivity index (χ1) is 7.13. The van der Waals surface area contributed by atoms with E-state index in [1.54, 1.807) is 0 Å². The van der Waals surface area contributed by atoms with Gasteiger partial charge in [0.2, 0.25) is 0 Å². The van der Waals surface area contributed by atoms with E-state index >= 15 is 0 Å². The van der Waals surface area contributed by atoms with Gasteiger partial charge >= 0.3 is 0 Å². The van der Waals surface area contributed by atoms with E-state index in [-0.39, 0.29) is 0 Å². The van der Waals surface area contributed by atoms with E-state index in [1.807, 2.05) is 19.2 Å². The minimum Gasteiger partial charge on any atom is -0.313 e. The summed E-state index contributed by atoms with van der Waals surface area (Å²) in [6.45, 7) is 4.52. The molecule has 1 aromatic carbocycles. The van der Waals surface area contributed by atoms with Crippen LogP contribution in [0.25, 0.3) is 0 Å². The monoisotopic (exact) mass is 225 g/mol. The summed E-state index contributed by atoms with van der Waals surface area (Å²) in [4.78, 5) is 0. The van der Waals surface area contributed by atoms with Gasteiger partial charge < -0.3 is 5.32 Å². The Labute approximate surface area is 97.8 Å². The Hall–Kier alpha value is -0.530. The smallest absolute Gasteiger partial charge is 0.0406 e. The molecule has 0 saturated carbocycles. The highest BCUT2D eigenvalue weighted by molar-refractivity contribution is 6.30. The minimum atomic E-state index is 0.449. The van der Waals surface area contributed by atoms with Crippen LogP contribution in [0.3, 0.4) is 0 Å². The van der Waals surface area contributed by atoms with E-state index in [0.29, 0.717) is 6.04 Å². The number of hydrogen-bond donors (Lipinski definition) is 1. The van der Waals surface area contributed by atoms with Gasteiger partial charge in [-0.3, -0.25) is 0 Å². The van der Waals surface area contributed by atoms with E-state index in [9.17, 15) is 0 Å². The van der Waals surface area contributed by atoms with E-state index in [4.69, 9.17) is 11.6 Å². The zero-order valence-corrected chi connectivity index (χ0v) is 10.5. The van der Waals surface area contributed by atoms with Crippen LogP contribution in [-0.4, -0.2) is 7.05 Å². The van der Waals surface area contributed by atoms with Gasteiger partial charge in [0.05, 0.1) is 0 Å². The van der Waals surface area contributed by atoms with Gasteiger partial charge in [0.15, 0.2) is 0 Å². The molecule has 0 bridgehead atoms. The fraction of sp³-hybridized carbons (Fsp3) is 0.538. The van der Waals surface area contributed by atoms with Gasteiger partial charge in [-0.2, -0.15) is 0 Å². The number of hydrogen-bond acceptors (Lipinski definition) is 1. The maximum Gasteiger partial charge on any atom is 0.0406 e. The fourth-order valence-corrected chi connectivity index (χ4v) is 1.80. The zero-order valence-electron chi connectivity index (χ0n) is 9.76. The highest BCUT2D eigenvalue weighted by atomic mass is 35.5. The van der Waals surface area contributed by atoms with Gasteiger partial charge in [0, 0.05) is 11.1 Å². The third-order valence-electron chi connectivity index (χ3n) is 2.65. The molecule has 1 aromatic rings. The fourth-order valence-electron chi connectivity index (χ4n) is 1.67. The van der Waals surface area contributed by atoms with Crippen LogP contribution >= 0.6 is 11.6 Å². The largest absolute Gasteiger partial charge is 0.313 e. The van der Waals surface area contributed by atoms with Crippen LogP contribution in [0, 0.1) is 5.92 Å². The Morgan fingerprint density at radius 2 is 1.73 bits per heavy atom. The molecule has 1 unspecified atom stereocenters. The summed E-state index contributed by atoms with van der Waals surface area (Å²) in [6.07, 6.45) is 2.42. The van der Waals surface area contributed by atoms with Crippen LogP contribution in [0.15, 0.2) is 24.3 Å². The van der Waals surface area contributed by atoms with Gasteiger partial charge in [-0.25, -0.2) is 0 Å². The summed E-state index contributed by atoms with van der Waals surface area (Å²) in [5.74, 6) is 0.758. The number of halogens is 1. The molecule has 0 aliphatic rings. The second-order valence-electron chi connectivity index (χ2n) is 4.36. The molecule has 1 rings (SSSR count). The molecule has 0 radical (unpaired) electrons. The summed E-state index contributed by atoms with van der Waals surface area (Å²) in [7, 11) is 2.01. The number of rotatable bonds is 5. The summed E-state index contributed by atoms with van der Waals surface area (Å²) in [6, 6.07) is 8.56. The molecule has 2 heteroatoms. The third-order valence-corrected chi connectivity index (χ3v) is 2.91. The van der Waals surface area contributed by atoms with Crippen molar-refractivity contribution in [3.63, 3.8) is 0 Å². The van der Waals surface area contributed by atoms with Crippen LogP contribution in [0.4, 0.5) is 0 Å². The average molecular weight is 226 g/mol. The lowest BCUT2D eigenvalue weighted by Gasteiger charge is -2.17. The predicted molar refractivity (Wildman–Crippen MR) is 67.3 cm³/mol. The first kappa shape index (κ1) is 12.5. The second-order valence-corrected chi connectivity index (χ2v) is 4.80. The van der Waals surface area contributed by atoms with Gasteiger partial charge in [0.1, 0.15) is 0 Å². The summed E-state index contributed by atoms with van der Waals surface area (Å²) >= 11 is 5.87. The molecule has 0 amide bonds. The first-order valence-electron chi connectivity index (χ1n) is 5.56. The predicted octanol–water partition coefficient (Wildman–Crippen LogP) is 4.04. The lowest BCUT2D eigenvalue weighted by Crippen LogP contribution is -2.16. The van der Waals surface area contributed by atoms with E-state index in [0.717, 1.165) is 10.9 Å². The van der Waals surface area contributed by atoms with E-state index in [2.05, 4.69) is 31.3 Å². The lowest BCUT2D eigenvalue weighted by molar-refractivity contribution is 0.465. The third kappa shape index (κ3) is 4.23. The Morgan fingerprint density at radius 1 is 1.13 bits per heavy atom. The average Bonchev–Trinajstić information content (AvgIpc) is 2.21. The lowest BCUT2D eigenvalue weighted by atomic mass is 9.98. The highest BCUT2D eigenvalue weighted by Crippen LogP contribution is 2.22. The number of nitrogens with one attached hydrogen (secondary N) is 1. The van der Waals surface area contributed by atoms with Crippen molar-refractivity contribution >= 4 is 11.6 Å². The molecular weight excluding hydrogens is 206 g/mol. The molecule has 0 aliphatic carbocycles. The molecule has 0 spiro atoms. The molecule has 0 aromatic heterocycles. The van der Waals surface area contributed by atoms with Crippen molar-refractivity contribution in [2.75, 3.05) is 7.05 Å². The molecule has 15 heavy (non-hydrogen) atoms. The van der Waals surface area contributed by atoms with Crippen LogP contribution in [0.2, 0.25) is 5.02 Å². The Morgan fingerprint density at radius 3 is 2.20 bits per heavy atom. The van der Waals surface area contributed by atoms with Crippen LogP contribution in [0.1, 0.15) is 38.3 Å². The maximum atomic E-state index is 5.87. The SMILES string of the molecule is CNC(CCC(C)C)c1ccc(Cl)cc1. The van der Waals surface area contributed by atoms with Gasteiger partial charge in [0.25, 0.3) is 0 Å². The van der Waals surface area contributed by atoms with E-state index in [1.165, 1.54) is 18.4 Å². The zero-order chi connectivity index (χ0) is 11.3. The summed E-state index contributed by atoms with van der Waals surface area (Å²) in [5.41, 5.74) is 1.32. The molecule has 0 aliphatic heterocycles. The van der Waals surface area contributed by atoms with Crippen LogP contribution in [0.5, 0.6) is 0 Å². The molecule has 0 heterocycles. The number of benzene rings is 1. The summed E-state index contributed by atoms with van der Waals surface area (Å²) in [5, 5.41) is 4.15. The normalized spacial score (nSPS) is 13.1. The Balaban J connectivity index is 2.61. The first-order valence-corrected chi connectivity index (χ1v) is 5.94. The van der Waals surface area contributed by atoms with Crippen molar-refractivity contribution in [3.05, 3.63) is 34.9 Å². The Bertz CT molecular complexity index is 279. The molecule has 84 valence electrons. The molecule has 0 fully saturated rings. The van der Waals surface area contributed by atoms with Gasteiger partial charge in [-0.05, 0) is 43.5 Å². The van der Waals surface area contributed by atoms with Crippen molar-refractivity contribution in [1.29, 1.82) is 0 Å². The Kier molecular flexibility index (Phi) is 5.13. The summed E-state index contributed by atoms with van der Waals surface area (Å²) < 4.78 is 0. The van der Waals surface area contributed by atoms with Crippen LogP contribution < -0.4 is 5.32 Å². The molecule has 1 nitrogen and oxygen atoms in total. The topological polar surface area (TPSA) is 12.0 Å². The van der Waals surface area contributed by atoms with Crippen molar-refractivity contribution in [1.82, 2.24) is 5.32 Å².